The Morgan fingerprint density at radius 3 is 2.70 bits per heavy atom. The Kier molecular flexibility index (Phi) is 5.05. The summed E-state index contributed by atoms with van der Waals surface area (Å²) < 4.78 is 38.1. The molecule has 2 aromatic rings. The van der Waals surface area contributed by atoms with Gasteiger partial charge in [0.05, 0.1) is 12.0 Å². The van der Waals surface area contributed by atoms with E-state index in [1.165, 1.54) is 26.2 Å². The van der Waals surface area contributed by atoms with Gasteiger partial charge in [0.1, 0.15) is 17.1 Å². The van der Waals surface area contributed by atoms with Crippen LogP contribution in [0.3, 0.4) is 0 Å². The second-order valence-electron chi connectivity index (χ2n) is 4.82. The Morgan fingerprint density at radius 1 is 1.35 bits per heavy atom. The predicted octanol–water partition coefficient (Wildman–Crippen LogP) is 2.09. The molecule has 2 aromatic heterocycles. The Labute approximate surface area is 133 Å². The van der Waals surface area contributed by atoms with E-state index in [0.717, 1.165) is 0 Å². The first-order valence-electron chi connectivity index (χ1n) is 6.95. The molecule has 124 valence electrons. The molecule has 0 unspecified atom stereocenters. The lowest BCUT2D eigenvalue weighted by Crippen LogP contribution is -2.20. The van der Waals surface area contributed by atoms with Crippen LogP contribution < -0.4 is 9.81 Å². The predicted molar refractivity (Wildman–Crippen MR) is 81.2 cm³/mol. The third-order valence-electron chi connectivity index (χ3n) is 3.07. The molecule has 0 aromatic carbocycles. The van der Waals surface area contributed by atoms with E-state index < -0.39 is 27.1 Å². The summed E-state index contributed by atoms with van der Waals surface area (Å²) in [6.45, 7) is 2.86. The molecule has 0 fully saturated rings. The Morgan fingerprint density at radius 2 is 2.09 bits per heavy atom. The van der Waals surface area contributed by atoms with Crippen LogP contribution in [0.2, 0.25) is 0 Å². The van der Waals surface area contributed by atoms with Crippen molar-refractivity contribution in [3.05, 3.63) is 52.0 Å². The monoisotopic (exact) mass is 340 g/mol. The lowest BCUT2D eigenvalue weighted by atomic mass is 10.1. The van der Waals surface area contributed by atoms with Gasteiger partial charge in [-0.3, -0.25) is 4.79 Å². The highest BCUT2D eigenvalue weighted by Gasteiger charge is 2.23. The molecule has 0 saturated carbocycles. The summed E-state index contributed by atoms with van der Waals surface area (Å²) in [5.74, 6) is -0.425. The number of Topliss-reactive ketones (excluding diaryl/α,β-unsaturated/α-hetero) is 1. The molecule has 7 nitrogen and oxygen atoms in total. The van der Waals surface area contributed by atoms with E-state index >= 15 is 0 Å². The number of furan rings is 1. The summed E-state index contributed by atoms with van der Waals surface area (Å²) in [6, 6.07) is 4.60. The maximum absolute atomic E-state index is 12.3. The van der Waals surface area contributed by atoms with Gasteiger partial charge in [-0.15, -0.1) is 0 Å². The minimum absolute atomic E-state index is 0.0378. The van der Waals surface area contributed by atoms with Crippen molar-refractivity contribution in [1.82, 2.24) is 0 Å². The van der Waals surface area contributed by atoms with E-state index in [9.17, 15) is 18.0 Å². The van der Waals surface area contributed by atoms with Crippen LogP contribution in [-0.4, -0.2) is 20.0 Å². The van der Waals surface area contributed by atoms with Crippen molar-refractivity contribution in [3.63, 3.8) is 0 Å². The Balaban J connectivity index is 2.32. The van der Waals surface area contributed by atoms with Gasteiger partial charge >= 0.3 is 15.7 Å². The number of carbonyl (C=O) groups is 1. The normalized spacial score (nSPS) is 11.4. The van der Waals surface area contributed by atoms with E-state index in [0.29, 0.717) is 5.76 Å². The van der Waals surface area contributed by atoms with Crippen LogP contribution in [0.4, 0.5) is 0 Å². The van der Waals surface area contributed by atoms with Crippen LogP contribution in [0.15, 0.2) is 38.1 Å². The van der Waals surface area contributed by atoms with E-state index in [-0.39, 0.29) is 30.1 Å². The molecule has 0 amide bonds. The second kappa shape index (κ2) is 6.82. The van der Waals surface area contributed by atoms with Gasteiger partial charge in [0.2, 0.25) is 0 Å². The van der Waals surface area contributed by atoms with E-state index in [1.807, 2.05) is 0 Å². The standard InChI is InChI=1S/C15H16O7S/c1-3-23(18,19)22-13-9-10(2)21-15(17)14(13)12(16)7-6-11-5-4-8-20-11/h4-5,8-9H,3,6-7H2,1-2H3. The average molecular weight is 340 g/mol. The third kappa shape index (κ3) is 4.32. The first kappa shape index (κ1) is 17.0. The molecule has 0 bridgehead atoms. The largest absolute Gasteiger partial charge is 0.469 e. The molecule has 0 N–H and O–H groups in total. The van der Waals surface area contributed by atoms with Gasteiger partial charge in [-0.1, -0.05) is 0 Å². The fourth-order valence-corrected chi connectivity index (χ4v) is 2.44. The zero-order valence-corrected chi connectivity index (χ0v) is 13.5. The second-order valence-corrected chi connectivity index (χ2v) is 6.68. The molecule has 0 aliphatic rings. The summed E-state index contributed by atoms with van der Waals surface area (Å²) in [7, 11) is -3.87. The molecular weight excluding hydrogens is 324 g/mol. The van der Waals surface area contributed by atoms with Crippen molar-refractivity contribution in [2.45, 2.75) is 26.7 Å². The highest BCUT2D eigenvalue weighted by atomic mass is 32.2. The van der Waals surface area contributed by atoms with Crippen LogP contribution in [0.5, 0.6) is 5.75 Å². The van der Waals surface area contributed by atoms with Gasteiger partial charge in [0, 0.05) is 18.9 Å². The summed E-state index contributed by atoms with van der Waals surface area (Å²) >= 11 is 0. The van der Waals surface area contributed by atoms with Crippen molar-refractivity contribution >= 4 is 15.9 Å². The Bertz CT molecular complexity index is 844. The highest BCUT2D eigenvalue weighted by Crippen LogP contribution is 2.21. The summed E-state index contributed by atoms with van der Waals surface area (Å²) in [5, 5.41) is 0. The quantitative estimate of drug-likeness (QED) is 0.561. The summed E-state index contributed by atoms with van der Waals surface area (Å²) in [6.07, 6.45) is 1.71. The molecular formula is C15H16O7S. The molecule has 0 spiro atoms. The number of hydrogen-bond acceptors (Lipinski definition) is 7. The first-order valence-corrected chi connectivity index (χ1v) is 8.52. The smallest absolute Gasteiger partial charge is 0.350 e. The number of aryl methyl sites for hydroxylation is 2. The fraction of sp³-hybridized carbons (Fsp3) is 0.333. The van der Waals surface area contributed by atoms with Crippen LogP contribution in [0.25, 0.3) is 0 Å². The zero-order chi connectivity index (χ0) is 17.0. The van der Waals surface area contributed by atoms with Crippen molar-refractivity contribution in [2.75, 3.05) is 5.75 Å². The first-order chi connectivity index (χ1) is 10.8. The average Bonchev–Trinajstić information content (AvgIpc) is 2.97. The van der Waals surface area contributed by atoms with E-state index in [2.05, 4.69) is 0 Å². The SMILES string of the molecule is CCS(=O)(=O)Oc1cc(C)oc(=O)c1C(=O)CCc1ccco1. The Hall–Kier alpha value is -2.35. The zero-order valence-electron chi connectivity index (χ0n) is 12.7. The fourth-order valence-electron chi connectivity index (χ4n) is 1.91. The maximum atomic E-state index is 12.3. The van der Waals surface area contributed by atoms with Gasteiger partial charge in [0.25, 0.3) is 0 Å². The summed E-state index contributed by atoms with van der Waals surface area (Å²) in [4.78, 5) is 24.2. The number of carbonyl (C=O) groups excluding carboxylic acids is 1. The van der Waals surface area contributed by atoms with Crippen LogP contribution in [0.1, 0.15) is 35.2 Å². The lowest BCUT2D eigenvalue weighted by Gasteiger charge is -2.09. The molecule has 0 saturated heterocycles. The van der Waals surface area contributed by atoms with Crippen LogP contribution in [-0.2, 0) is 16.5 Å². The van der Waals surface area contributed by atoms with Gasteiger partial charge in [-0.25, -0.2) is 4.79 Å². The lowest BCUT2D eigenvalue weighted by molar-refractivity contribution is 0.0975. The van der Waals surface area contributed by atoms with Crippen molar-refractivity contribution in [1.29, 1.82) is 0 Å². The molecule has 0 aliphatic heterocycles. The molecule has 23 heavy (non-hydrogen) atoms. The molecule has 0 aliphatic carbocycles. The molecule has 0 atom stereocenters. The topological polar surface area (TPSA) is 104 Å². The van der Waals surface area contributed by atoms with Crippen molar-refractivity contribution in [3.8, 4) is 5.75 Å². The van der Waals surface area contributed by atoms with Gasteiger partial charge in [-0.2, -0.15) is 8.42 Å². The van der Waals surface area contributed by atoms with E-state index in [1.54, 1.807) is 12.1 Å². The number of ketones is 1. The molecule has 2 rings (SSSR count). The maximum Gasteiger partial charge on any atom is 0.350 e. The van der Waals surface area contributed by atoms with Gasteiger partial charge < -0.3 is 13.0 Å². The minimum Gasteiger partial charge on any atom is -0.469 e. The number of hydrogen-bond donors (Lipinski definition) is 0. The highest BCUT2D eigenvalue weighted by molar-refractivity contribution is 7.87. The molecule has 2 heterocycles. The minimum atomic E-state index is -3.87. The molecule has 0 radical (unpaired) electrons. The van der Waals surface area contributed by atoms with Crippen LogP contribution in [0, 0.1) is 6.92 Å². The summed E-state index contributed by atoms with van der Waals surface area (Å²) in [5.41, 5.74) is -1.32. The van der Waals surface area contributed by atoms with Crippen LogP contribution >= 0.6 is 0 Å². The van der Waals surface area contributed by atoms with E-state index in [4.69, 9.17) is 13.0 Å². The van der Waals surface area contributed by atoms with Gasteiger partial charge in [0.15, 0.2) is 11.5 Å². The van der Waals surface area contributed by atoms with Crippen molar-refractivity contribution in [2.24, 2.45) is 0 Å². The van der Waals surface area contributed by atoms with Gasteiger partial charge in [-0.05, 0) is 26.0 Å². The third-order valence-corrected chi connectivity index (χ3v) is 4.21. The number of rotatable bonds is 7. The van der Waals surface area contributed by atoms with Crippen molar-refractivity contribution < 1.29 is 26.2 Å². The molecule has 8 heteroatoms.